The fourth-order valence-electron chi connectivity index (χ4n) is 3.29. The molecule has 0 spiro atoms. The van der Waals surface area contributed by atoms with Crippen molar-refractivity contribution in [3.8, 4) is 0 Å². The van der Waals surface area contributed by atoms with E-state index in [1.165, 1.54) is 36.1 Å². The van der Waals surface area contributed by atoms with Gasteiger partial charge in [0, 0.05) is 43.7 Å². The van der Waals surface area contributed by atoms with Crippen LogP contribution in [-0.2, 0) is 21.4 Å². The predicted molar refractivity (Wildman–Crippen MR) is 115 cm³/mol. The number of nitrogens with zero attached hydrogens (tertiary/aromatic N) is 3. The van der Waals surface area contributed by atoms with Crippen LogP contribution in [0.4, 0.5) is 9.18 Å². The van der Waals surface area contributed by atoms with Crippen LogP contribution < -0.4 is 0 Å². The minimum absolute atomic E-state index is 0.0262. The molecule has 2 aromatic carbocycles. The van der Waals surface area contributed by atoms with Crippen LogP contribution >= 0.6 is 11.6 Å². The van der Waals surface area contributed by atoms with E-state index in [2.05, 4.69) is 0 Å². The lowest BCUT2D eigenvalue weighted by atomic mass is 10.2. The first-order valence-corrected chi connectivity index (χ1v) is 11.5. The first-order valence-electron chi connectivity index (χ1n) is 9.68. The van der Waals surface area contributed by atoms with Crippen LogP contribution in [0.5, 0.6) is 0 Å². The lowest BCUT2D eigenvalue weighted by Crippen LogP contribution is -2.54. The molecule has 2 aromatic rings. The molecule has 0 atom stereocenters. The second-order valence-corrected chi connectivity index (χ2v) is 9.57. The van der Waals surface area contributed by atoms with E-state index in [9.17, 15) is 22.4 Å². The van der Waals surface area contributed by atoms with Crippen LogP contribution in [0.2, 0.25) is 5.02 Å². The summed E-state index contributed by atoms with van der Waals surface area (Å²) in [6, 6.07) is 9.27. The molecule has 1 saturated heterocycles. The molecule has 0 aromatic heterocycles. The Morgan fingerprint density at radius 1 is 1.03 bits per heavy atom. The topological polar surface area (TPSA) is 78.0 Å². The summed E-state index contributed by atoms with van der Waals surface area (Å²) in [5.74, 6) is -0.819. The zero-order chi connectivity index (χ0) is 22.8. The molecule has 0 unspecified atom stereocenters. The molecule has 0 N–H and O–H groups in total. The number of hydrogen-bond donors (Lipinski definition) is 0. The van der Waals surface area contributed by atoms with Gasteiger partial charge in [0.1, 0.15) is 5.82 Å². The number of halogens is 2. The van der Waals surface area contributed by atoms with Gasteiger partial charge >= 0.3 is 6.03 Å². The Morgan fingerprint density at radius 3 is 2.16 bits per heavy atom. The number of hydrogen-bond acceptors (Lipinski definition) is 4. The summed E-state index contributed by atoms with van der Waals surface area (Å²) in [5, 5.41) is 0.0262. The largest absolute Gasteiger partial charge is 0.339 e. The number of amides is 3. The normalized spacial score (nSPS) is 14.5. The molecular weight excluding hydrogens is 445 g/mol. The number of sulfonamides is 1. The standard InChI is InChI=1S/C21H23ClFN3O4S/c1-15-6-8-17(9-7-15)31(29,30)26(14-18-19(22)4-3-5-20(18)23)21(28)25-12-10-24(11-13-25)16(2)27/h3-9H,10-14H2,1-2H3. The highest BCUT2D eigenvalue weighted by Crippen LogP contribution is 2.26. The Balaban J connectivity index is 1.97. The van der Waals surface area contributed by atoms with E-state index in [0.29, 0.717) is 17.4 Å². The Bertz CT molecular complexity index is 1060. The zero-order valence-corrected chi connectivity index (χ0v) is 18.8. The fourth-order valence-corrected chi connectivity index (χ4v) is 4.87. The van der Waals surface area contributed by atoms with Gasteiger partial charge < -0.3 is 9.80 Å². The minimum atomic E-state index is -4.29. The molecule has 1 aliphatic rings. The quantitative estimate of drug-likeness (QED) is 0.691. The first kappa shape index (κ1) is 23.0. The second kappa shape index (κ2) is 9.23. The molecule has 0 aliphatic carbocycles. The van der Waals surface area contributed by atoms with Crippen LogP contribution in [0, 0.1) is 12.7 Å². The van der Waals surface area contributed by atoms with Gasteiger partial charge in [-0.15, -0.1) is 0 Å². The summed E-state index contributed by atoms with van der Waals surface area (Å²) in [6.45, 7) is 3.62. The summed E-state index contributed by atoms with van der Waals surface area (Å²) in [6.07, 6.45) is 0. The molecule has 31 heavy (non-hydrogen) atoms. The lowest BCUT2D eigenvalue weighted by molar-refractivity contribution is -0.130. The van der Waals surface area contributed by atoms with E-state index < -0.39 is 28.4 Å². The predicted octanol–water partition coefficient (Wildman–Crippen LogP) is 3.26. The van der Waals surface area contributed by atoms with E-state index in [1.807, 2.05) is 6.92 Å². The van der Waals surface area contributed by atoms with Gasteiger partial charge in [-0.05, 0) is 31.2 Å². The maximum Gasteiger partial charge on any atom is 0.334 e. The molecule has 166 valence electrons. The van der Waals surface area contributed by atoms with Crippen LogP contribution in [0.15, 0.2) is 47.4 Å². The molecule has 3 amide bonds. The Labute approximate surface area is 186 Å². The number of benzene rings is 2. The van der Waals surface area contributed by atoms with E-state index >= 15 is 0 Å². The molecule has 0 radical (unpaired) electrons. The van der Waals surface area contributed by atoms with Crippen molar-refractivity contribution < 1.29 is 22.4 Å². The average molecular weight is 468 g/mol. The van der Waals surface area contributed by atoms with Crippen molar-refractivity contribution in [2.45, 2.75) is 25.3 Å². The van der Waals surface area contributed by atoms with Crippen molar-refractivity contribution in [2.75, 3.05) is 26.2 Å². The number of urea groups is 1. The number of piperazine rings is 1. The van der Waals surface area contributed by atoms with Crippen LogP contribution in [-0.4, -0.2) is 60.6 Å². The van der Waals surface area contributed by atoms with Crippen molar-refractivity contribution >= 4 is 33.6 Å². The molecule has 1 aliphatic heterocycles. The first-order chi connectivity index (χ1) is 14.6. The Morgan fingerprint density at radius 2 is 1.61 bits per heavy atom. The number of rotatable bonds is 4. The Kier molecular flexibility index (Phi) is 6.86. The van der Waals surface area contributed by atoms with E-state index in [0.717, 1.165) is 11.6 Å². The van der Waals surface area contributed by atoms with Crippen LogP contribution in [0.1, 0.15) is 18.1 Å². The monoisotopic (exact) mass is 467 g/mol. The average Bonchev–Trinajstić information content (AvgIpc) is 2.73. The number of aryl methyl sites for hydroxylation is 1. The van der Waals surface area contributed by atoms with Crippen molar-refractivity contribution in [2.24, 2.45) is 0 Å². The van der Waals surface area contributed by atoms with Crippen molar-refractivity contribution in [3.63, 3.8) is 0 Å². The number of carbonyl (C=O) groups excluding carboxylic acids is 2. The number of carbonyl (C=O) groups is 2. The third-order valence-electron chi connectivity index (χ3n) is 5.18. The maximum absolute atomic E-state index is 14.4. The van der Waals surface area contributed by atoms with E-state index in [4.69, 9.17) is 11.6 Å². The van der Waals surface area contributed by atoms with Crippen molar-refractivity contribution in [3.05, 3.63) is 64.4 Å². The van der Waals surface area contributed by atoms with E-state index in [1.54, 1.807) is 17.0 Å². The highest BCUT2D eigenvalue weighted by molar-refractivity contribution is 7.89. The SMILES string of the molecule is CC(=O)N1CCN(C(=O)N(Cc2c(F)cccc2Cl)S(=O)(=O)c2ccc(C)cc2)CC1. The molecule has 1 fully saturated rings. The molecular formula is C21H23ClFN3O4S. The highest BCUT2D eigenvalue weighted by atomic mass is 35.5. The minimum Gasteiger partial charge on any atom is -0.339 e. The van der Waals surface area contributed by atoms with Gasteiger partial charge in [0.15, 0.2) is 0 Å². The summed E-state index contributed by atoms with van der Waals surface area (Å²) < 4.78 is 41.8. The van der Waals surface area contributed by atoms with Gasteiger partial charge in [-0.25, -0.2) is 21.9 Å². The highest BCUT2D eigenvalue weighted by Gasteiger charge is 2.35. The lowest BCUT2D eigenvalue weighted by Gasteiger charge is -2.37. The van der Waals surface area contributed by atoms with Gasteiger partial charge in [0.05, 0.1) is 11.4 Å². The molecule has 1 heterocycles. The summed E-state index contributed by atoms with van der Waals surface area (Å²) in [4.78, 5) is 27.7. The van der Waals surface area contributed by atoms with E-state index in [-0.39, 0.29) is 34.5 Å². The van der Waals surface area contributed by atoms with Crippen LogP contribution in [0.3, 0.4) is 0 Å². The Hall–Kier alpha value is -2.65. The van der Waals surface area contributed by atoms with Crippen LogP contribution in [0.25, 0.3) is 0 Å². The van der Waals surface area contributed by atoms with Gasteiger partial charge in [-0.2, -0.15) is 0 Å². The summed E-state index contributed by atoms with van der Waals surface area (Å²) in [7, 11) is -4.29. The van der Waals surface area contributed by atoms with Gasteiger partial charge in [0.2, 0.25) is 5.91 Å². The van der Waals surface area contributed by atoms with Crippen molar-refractivity contribution in [1.82, 2.24) is 14.1 Å². The molecule has 10 heteroatoms. The van der Waals surface area contributed by atoms with Gasteiger partial charge in [-0.1, -0.05) is 35.4 Å². The van der Waals surface area contributed by atoms with Gasteiger partial charge in [-0.3, -0.25) is 4.79 Å². The third-order valence-corrected chi connectivity index (χ3v) is 7.27. The molecule has 7 nitrogen and oxygen atoms in total. The molecule has 3 rings (SSSR count). The summed E-state index contributed by atoms with van der Waals surface area (Å²) in [5.41, 5.74) is 0.768. The maximum atomic E-state index is 14.4. The fraction of sp³-hybridized carbons (Fsp3) is 0.333. The molecule has 0 bridgehead atoms. The smallest absolute Gasteiger partial charge is 0.334 e. The van der Waals surface area contributed by atoms with Crippen molar-refractivity contribution in [1.29, 1.82) is 0 Å². The summed E-state index contributed by atoms with van der Waals surface area (Å²) >= 11 is 6.10. The zero-order valence-electron chi connectivity index (χ0n) is 17.2. The van der Waals surface area contributed by atoms with Gasteiger partial charge in [0.25, 0.3) is 10.0 Å². The molecule has 0 saturated carbocycles. The third kappa shape index (κ3) is 4.99. The second-order valence-electron chi connectivity index (χ2n) is 7.30.